The summed E-state index contributed by atoms with van der Waals surface area (Å²) < 4.78 is 26.4. The van der Waals surface area contributed by atoms with Crippen molar-refractivity contribution in [1.82, 2.24) is 14.6 Å². The number of rotatable bonds is 3. The second-order valence-electron chi connectivity index (χ2n) is 4.60. The molecule has 0 aliphatic rings. The van der Waals surface area contributed by atoms with Crippen LogP contribution in [0, 0.1) is 0 Å². The van der Waals surface area contributed by atoms with Gasteiger partial charge in [0.1, 0.15) is 0 Å². The Kier molecular flexibility index (Phi) is 3.02. The zero-order valence-corrected chi connectivity index (χ0v) is 12.0. The number of aromatic nitrogens is 3. The largest absolute Gasteiger partial charge is 0.366 e. The minimum atomic E-state index is -3.28. The number of hydrogen-bond acceptors (Lipinski definition) is 5. The van der Waals surface area contributed by atoms with Crippen molar-refractivity contribution in [2.45, 2.75) is 0 Å². The SMILES string of the molecule is CS(=O)(=O)Nc1ccc(-c2cccc3nc(N)nn23)cc1. The third-order valence-electron chi connectivity index (χ3n) is 2.86. The van der Waals surface area contributed by atoms with E-state index in [1.54, 1.807) is 28.8 Å². The smallest absolute Gasteiger partial charge is 0.240 e. The standard InChI is InChI=1S/C13H13N5O2S/c1-21(19,20)17-10-7-5-9(6-8-10)11-3-2-4-12-15-13(14)16-18(11)12/h2-8,17H,1H3,(H2,14,16). The maximum absolute atomic E-state index is 11.2. The fourth-order valence-electron chi connectivity index (χ4n) is 2.06. The van der Waals surface area contributed by atoms with Crippen LogP contribution in [0.3, 0.4) is 0 Å². The third-order valence-corrected chi connectivity index (χ3v) is 3.47. The van der Waals surface area contributed by atoms with Gasteiger partial charge in [-0.3, -0.25) is 4.72 Å². The van der Waals surface area contributed by atoms with Gasteiger partial charge in [-0.15, -0.1) is 5.10 Å². The Balaban J connectivity index is 2.03. The van der Waals surface area contributed by atoms with Crippen LogP contribution in [0.4, 0.5) is 11.6 Å². The molecule has 0 fully saturated rings. The minimum Gasteiger partial charge on any atom is -0.366 e. The van der Waals surface area contributed by atoms with Gasteiger partial charge in [0.15, 0.2) is 5.65 Å². The first kappa shape index (κ1) is 13.4. The molecule has 8 heteroatoms. The zero-order chi connectivity index (χ0) is 15.0. The van der Waals surface area contributed by atoms with Crippen LogP contribution in [-0.4, -0.2) is 29.3 Å². The lowest BCUT2D eigenvalue weighted by atomic mass is 10.1. The predicted octanol–water partition coefficient (Wildman–Crippen LogP) is 1.35. The Hall–Kier alpha value is -2.61. The molecule has 1 aromatic carbocycles. The number of fused-ring (bicyclic) bond motifs is 1. The highest BCUT2D eigenvalue weighted by molar-refractivity contribution is 7.92. The van der Waals surface area contributed by atoms with Gasteiger partial charge in [0.25, 0.3) is 0 Å². The van der Waals surface area contributed by atoms with E-state index in [9.17, 15) is 8.42 Å². The van der Waals surface area contributed by atoms with E-state index in [2.05, 4.69) is 14.8 Å². The molecular formula is C13H13N5O2S. The van der Waals surface area contributed by atoms with E-state index in [0.29, 0.717) is 11.3 Å². The summed E-state index contributed by atoms with van der Waals surface area (Å²) in [7, 11) is -3.28. The Labute approximate surface area is 121 Å². The van der Waals surface area contributed by atoms with Crippen molar-refractivity contribution in [1.29, 1.82) is 0 Å². The van der Waals surface area contributed by atoms with Crippen molar-refractivity contribution >= 4 is 27.3 Å². The number of benzene rings is 1. The molecule has 0 spiro atoms. The molecule has 0 amide bonds. The van der Waals surface area contributed by atoms with Gasteiger partial charge in [-0.05, 0) is 24.3 Å². The van der Waals surface area contributed by atoms with E-state index in [1.165, 1.54) is 0 Å². The predicted molar refractivity (Wildman–Crippen MR) is 81.3 cm³/mol. The van der Waals surface area contributed by atoms with E-state index < -0.39 is 10.0 Å². The maximum atomic E-state index is 11.2. The third kappa shape index (κ3) is 2.79. The van der Waals surface area contributed by atoms with Gasteiger partial charge in [0.2, 0.25) is 16.0 Å². The summed E-state index contributed by atoms with van der Waals surface area (Å²) in [6.45, 7) is 0. The minimum absolute atomic E-state index is 0.206. The van der Waals surface area contributed by atoms with Crippen molar-refractivity contribution in [3.05, 3.63) is 42.5 Å². The summed E-state index contributed by atoms with van der Waals surface area (Å²) in [5.74, 6) is 0.206. The number of sulfonamides is 1. The van der Waals surface area contributed by atoms with Crippen molar-refractivity contribution in [3.63, 3.8) is 0 Å². The van der Waals surface area contributed by atoms with Gasteiger partial charge in [-0.1, -0.05) is 18.2 Å². The Morgan fingerprint density at radius 2 is 1.86 bits per heavy atom. The van der Waals surface area contributed by atoms with Gasteiger partial charge in [0, 0.05) is 11.3 Å². The van der Waals surface area contributed by atoms with E-state index in [0.717, 1.165) is 17.5 Å². The number of hydrogen-bond donors (Lipinski definition) is 2. The van der Waals surface area contributed by atoms with Crippen LogP contribution >= 0.6 is 0 Å². The van der Waals surface area contributed by atoms with Crippen LogP contribution in [0.15, 0.2) is 42.5 Å². The number of nitrogens with zero attached hydrogens (tertiary/aromatic N) is 3. The molecule has 3 rings (SSSR count). The Bertz CT molecular complexity index is 900. The van der Waals surface area contributed by atoms with E-state index >= 15 is 0 Å². The number of nitrogen functional groups attached to an aromatic ring is 1. The lowest BCUT2D eigenvalue weighted by Gasteiger charge is -2.07. The molecule has 0 saturated carbocycles. The van der Waals surface area contributed by atoms with Gasteiger partial charge in [-0.2, -0.15) is 4.98 Å². The van der Waals surface area contributed by atoms with Crippen molar-refractivity contribution in [2.75, 3.05) is 16.7 Å². The molecule has 2 heterocycles. The molecule has 0 aliphatic carbocycles. The second kappa shape index (κ2) is 4.74. The molecule has 3 aromatic rings. The monoisotopic (exact) mass is 303 g/mol. The lowest BCUT2D eigenvalue weighted by Crippen LogP contribution is -2.09. The quantitative estimate of drug-likeness (QED) is 0.760. The highest BCUT2D eigenvalue weighted by atomic mass is 32.2. The fraction of sp³-hybridized carbons (Fsp3) is 0.0769. The Morgan fingerprint density at radius 3 is 2.52 bits per heavy atom. The maximum Gasteiger partial charge on any atom is 0.240 e. The topological polar surface area (TPSA) is 102 Å². The molecule has 108 valence electrons. The van der Waals surface area contributed by atoms with Crippen LogP contribution < -0.4 is 10.5 Å². The first-order chi connectivity index (χ1) is 9.92. The van der Waals surface area contributed by atoms with Gasteiger partial charge in [0.05, 0.1) is 11.9 Å². The molecule has 2 aromatic heterocycles. The van der Waals surface area contributed by atoms with E-state index in [4.69, 9.17) is 5.73 Å². The normalized spacial score (nSPS) is 11.7. The molecule has 0 atom stereocenters. The zero-order valence-electron chi connectivity index (χ0n) is 11.2. The highest BCUT2D eigenvalue weighted by Gasteiger charge is 2.08. The van der Waals surface area contributed by atoms with E-state index in [-0.39, 0.29) is 5.95 Å². The average Bonchev–Trinajstić information content (AvgIpc) is 2.78. The van der Waals surface area contributed by atoms with Crippen LogP contribution in [0.5, 0.6) is 0 Å². The number of anilines is 2. The van der Waals surface area contributed by atoms with Gasteiger partial charge < -0.3 is 5.73 Å². The molecule has 0 radical (unpaired) electrons. The van der Waals surface area contributed by atoms with Crippen LogP contribution in [-0.2, 0) is 10.0 Å². The first-order valence-corrected chi connectivity index (χ1v) is 8.01. The van der Waals surface area contributed by atoms with Crippen molar-refractivity contribution in [3.8, 4) is 11.3 Å². The number of nitrogens with two attached hydrogens (primary N) is 1. The van der Waals surface area contributed by atoms with Gasteiger partial charge >= 0.3 is 0 Å². The molecule has 7 nitrogen and oxygen atoms in total. The summed E-state index contributed by atoms with van der Waals surface area (Å²) in [5.41, 5.74) is 8.47. The molecular weight excluding hydrogens is 290 g/mol. The fourth-order valence-corrected chi connectivity index (χ4v) is 2.63. The van der Waals surface area contributed by atoms with Crippen LogP contribution in [0.1, 0.15) is 0 Å². The molecule has 0 unspecified atom stereocenters. The summed E-state index contributed by atoms with van der Waals surface area (Å²) in [6, 6.07) is 12.6. The summed E-state index contributed by atoms with van der Waals surface area (Å²) in [4.78, 5) is 4.10. The molecule has 0 aliphatic heterocycles. The lowest BCUT2D eigenvalue weighted by molar-refractivity contribution is 0.607. The molecule has 3 N–H and O–H groups in total. The van der Waals surface area contributed by atoms with Crippen LogP contribution in [0.25, 0.3) is 16.9 Å². The highest BCUT2D eigenvalue weighted by Crippen LogP contribution is 2.22. The summed E-state index contributed by atoms with van der Waals surface area (Å²) in [5, 5.41) is 4.14. The average molecular weight is 303 g/mol. The van der Waals surface area contributed by atoms with Crippen molar-refractivity contribution in [2.24, 2.45) is 0 Å². The molecule has 0 bridgehead atoms. The first-order valence-electron chi connectivity index (χ1n) is 6.12. The summed E-state index contributed by atoms with van der Waals surface area (Å²) >= 11 is 0. The number of nitrogens with one attached hydrogen (secondary N) is 1. The summed E-state index contributed by atoms with van der Waals surface area (Å²) in [6.07, 6.45) is 1.11. The molecule has 21 heavy (non-hydrogen) atoms. The van der Waals surface area contributed by atoms with Crippen LogP contribution in [0.2, 0.25) is 0 Å². The van der Waals surface area contributed by atoms with E-state index in [1.807, 2.05) is 18.2 Å². The number of pyridine rings is 1. The Morgan fingerprint density at radius 1 is 1.14 bits per heavy atom. The van der Waals surface area contributed by atoms with Gasteiger partial charge in [-0.25, -0.2) is 12.9 Å². The second-order valence-corrected chi connectivity index (χ2v) is 6.35. The van der Waals surface area contributed by atoms with Crippen molar-refractivity contribution < 1.29 is 8.42 Å². The molecule has 0 saturated heterocycles.